The Labute approximate surface area is 182 Å². The Morgan fingerprint density at radius 3 is 2.29 bits per heavy atom. The largest absolute Gasteiger partial charge is 0.497 e. The van der Waals surface area contributed by atoms with Gasteiger partial charge < -0.3 is 9.26 Å². The van der Waals surface area contributed by atoms with Crippen LogP contribution in [-0.2, 0) is 23.0 Å². The van der Waals surface area contributed by atoms with Gasteiger partial charge in [0.1, 0.15) is 5.75 Å². The first-order valence-corrected chi connectivity index (χ1v) is 11.7. The minimum atomic E-state index is -3.48. The number of rotatable bonds is 7. The van der Waals surface area contributed by atoms with Crippen LogP contribution < -0.4 is 4.74 Å². The number of aryl methyl sites for hydroxylation is 1. The van der Waals surface area contributed by atoms with Crippen LogP contribution >= 0.6 is 0 Å². The lowest BCUT2D eigenvalue weighted by Crippen LogP contribution is -2.48. The molecule has 2 heterocycles. The molecule has 3 aromatic rings. The van der Waals surface area contributed by atoms with Crippen LogP contribution in [0.1, 0.15) is 18.4 Å². The number of benzene rings is 2. The number of nitrogens with zero attached hydrogens (tertiary/aromatic N) is 4. The second kappa shape index (κ2) is 9.17. The average Bonchev–Trinajstić information content (AvgIpc) is 3.28. The van der Waals surface area contributed by atoms with Gasteiger partial charge in [-0.15, -0.1) is 0 Å². The van der Waals surface area contributed by atoms with Gasteiger partial charge in [0.05, 0.1) is 18.6 Å². The Balaban J connectivity index is 1.35. The van der Waals surface area contributed by atoms with Gasteiger partial charge in [0.15, 0.2) is 0 Å². The number of ether oxygens (including phenoxy) is 1. The van der Waals surface area contributed by atoms with Crippen molar-refractivity contribution >= 4 is 10.0 Å². The first-order valence-electron chi connectivity index (χ1n) is 10.3. The number of hydrogen-bond donors (Lipinski definition) is 0. The van der Waals surface area contributed by atoms with Gasteiger partial charge in [0, 0.05) is 31.7 Å². The van der Waals surface area contributed by atoms with E-state index in [9.17, 15) is 8.42 Å². The zero-order valence-electron chi connectivity index (χ0n) is 17.7. The number of sulfonamides is 1. The SMILES string of the molecule is CCc1ccc(S(=O)(=O)N2CCN(Cc3nc(-c4ccc(OC)cc4)no3)CC2)cc1. The third kappa shape index (κ3) is 4.79. The van der Waals surface area contributed by atoms with Crippen LogP contribution in [0, 0.1) is 0 Å². The van der Waals surface area contributed by atoms with Crippen molar-refractivity contribution in [2.45, 2.75) is 24.8 Å². The van der Waals surface area contributed by atoms with Crippen molar-refractivity contribution in [1.29, 1.82) is 0 Å². The maximum atomic E-state index is 12.9. The summed E-state index contributed by atoms with van der Waals surface area (Å²) in [7, 11) is -1.86. The summed E-state index contributed by atoms with van der Waals surface area (Å²) in [6.45, 7) is 4.60. The lowest BCUT2D eigenvalue weighted by molar-refractivity contribution is 0.163. The van der Waals surface area contributed by atoms with E-state index >= 15 is 0 Å². The highest BCUT2D eigenvalue weighted by Gasteiger charge is 2.29. The van der Waals surface area contributed by atoms with Crippen molar-refractivity contribution in [3.8, 4) is 17.1 Å². The maximum Gasteiger partial charge on any atom is 0.243 e. The third-order valence-corrected chi connectivity index (χ3v) is 7.39. The molecule has 0 bridgehead atoms. The fraction of sp³-hybridized carbons (Fsp3) is 0.364. The lowest BCUT2D eigenvalue weighted by atomic mass is 10.2. The van der Waals surface area contributed by atoms with Crippen LogP contribution in [0.3, 0.4) is 0 Å². The van der Waals surface area contributed by atoms with Crippen LogP contribution in [0.15, 0.2) is 57.9 Å². The lowest BCUT2D eigenvalue weighted by Gasteiger charge is -2.33. The number of piperazine rings is 1. The second-order valence-electron chi connectivity index (χ2n) is 7.42. The Morgan fingerprint density at radius 2 is 1.68 bits per heavy atom. The first kappa shape index (κ1) is 21.5. The molecule has 0 saturated carbocycles. The molecule has 4 rings (SSSR count). The van der Waals surface area contributed by atoms with Gasteiger partial charge in [-0.05, 0) is 48.4 Å². The van der Waals surface area contributed by atoms with Crippen molar-refractivity contribution in [3.05, 3.63) is 60.0 Å². The molecule has 1 aliphatic heterocycles. The summed E-state index contributed by atoms with van der Waals surface area (Å²) < 4.78 is 37.9. The highest BCUT2D eigenvalue weighted by atomic mass is 32.2. The van der Waals surface area contributed by atoms with Crippen LogP contribution in [0.4, 0.5) is 0 Å². The molecule has 2 aromatic carbocycles. The summed E-state index contributed by atoms with van der Waals surface area (Å²) in [5.41, 5.74) is 1.97. The average molecular weight is 443 g/mol. The Morgan fingerprint density at radius 1 is 1.00 bits per heavy atom. The molecule has 0 amide bonds. The summed E-state index contributed by atoms with van der Waals surface area (Å²) in [5, 5.41) is 4.06. The second-order valence-corrected chi connectivity index (χ2v) is 9.36. The van der Waals surface area contributed by atoms with Crippen LogP contribution in [0.2, 0.25) is 0 Å². The van der Waals surface area contributed by atoms with Crippen LogP contribution in [-0.4, -0.2) is 61.1 Å². The Kier molecular flexibility index (Phi) is 6.35. The number of hydrogen-bond acceptors (Lipinski definition) is 7. The standard InChI is InChI=1S/C22H26N4O4S/c1-3-17-4-10-20(11-5-17)31(27,28)26-14-12-25(13-15-26)16-21-23-22(24-30-21)18-6-8-19(29-2)9-7-18/h4-11H,3,12-16H2,1-2H3. The van der Waals surface area contributed by atoms with Crippen molar-refractivity contribution in [3.63, 3.8) is 0 Å². The van der Waals surface area contributed by atoms with E-state index in [1.165, 1.54) is 0 Å². The zero-order chi connectivity index (χ0) is 21.8. The van der Waals surface area contributed by atoms with E-state index in [0.717, 1.165) is 23.3 Å². The molecular formula is C22H26N4O4S. The predicted molar refractivity (Wildman–Crippen MR) is 116 cm³/mol. The van der Waals surface area contributed by atoms with Gasteiger partial charge >= 0.3 is 0 Å². The summed E-state index contributed by atoms with van der Waals surface area (Å²) in [4.78, 5) is 6.94. The molecule has 0 atom stereocenters. The minimum absolute atomic E-state index is 0.346. The Hall–Kier alpha value is -2.75. The molecule has 0 aliphatic carbocycles. The van der Waals surface area contributed by atoms with Crippen LogP contribution in [0.5, 0.6) is 5.75 Å². The molecule has 164 valence electrons. The van der Waals surface area contributed by atoms with Gasteiger partial charge in [-0.25, -0.2) is 8.42 Å². The maximum absolute atomic E-state index is 12.9. The smallest absolute Gasteiger partial charge is 0.243 e. The van der Waals surface area contributed by atoms with Crippen LogP contribution in [0.25, 0.3) is 11.4 Å². The third-order valence-electron chi connectivity index (χ3n) is 5.48. The van der Waals surface area contributed by atoms with E-state index in [1.807, 2.05) is 43.3 Å². The zero-order valence-corrected chi connectivity index (χ0v) is 18.5. The quantitative estimate of drug-likeness (QED) is 0.556. The molecule has 1 aromatic heterocycles. The minimum Gasteiger partial charge on any atom is -0.497 e. The molecular weight excluding hydrogens is 416 g/mol. The van der Waals surface area contributed by atoms with Crippen molar-refractivity contribution in [2.75, 3.05) is 33.3 Å². The fourth-order valence-corrected chi connectivity index (χ4v) is 4.96. The van der Waals surface area contributed by atoms with Crippen molar-refractivity contribution < 1.29 is 17.7 Å². The summed E-state index contributed by atoms with van der Waals surface area (Å²) in [5.74, 6) is 1.80. The van der Waals surface area contributed by atoms with Crippen molar-refractivity contribution in [1.82, 2.24) is 19.3 Å². The molecule has 1 aliphatic rings. The molecule has 31 heavy (non-hydrogen) atoms. The van der Waals surface area contributed by atoms with E-state index in [4.69, 9.17) is 9.26 Å². The molecule has 0 unspecified atom stereocenters. The predicted octanol–water partition coefficient (Wildman–Crippen LogP) is 2.81. The van der Waals surface area contributed by atoms with E-state index in [0.29, 0.717) is 49.3 Å². The van der Waals surface area contributed by atoms with Gasteiger partial charge in [-0.3, -0.25) is 4.90 Å². The van der Waals surface area contributed by atoms with Gasteiger partial charge in [-0.2, -0.15) is 9.29 Å². The molecule has 8 nitrogen and oxygen atoms in total. The summed E-state index contributed by atoms with van der Waals surface area (Å²) in [6, 6.07) is 14.6. The first-order chi connectivity index (χ1) is 15.0. The summed E-state index contributed by atoms with van der Waals surface area (Å²) in [6.07, 6.45) is 0.884. The van der Waals surface area contributed by atoms with Gasteiger partial charge in [0.25, 0.3) is 0 Å². The molecule has 1 saturated heterocycles. The molecule has 0 N–H and O–H groups in total. The topological polar surface area (TPSA) is 88.8 Å². The highest BCUT2D eigenvalue weighted by molar-refractivity contribution is 7.89. The summed E-state index contributed by atoms with van der Waals surface area (Å²) >= 11 is 0. The van der Waals surface area contributed by atoms with E-state index in [-0.39, 0.29) is 0 Å². The van der Waals surface area contributed by atoms with E-state index in [1.54, 1.807) is 23.5 Å². The normalized spacial score (nSPS) is 15.8. The molecule has 9 heteroatoms. The monoisotopic (exact) mass is 442 g/mol. The number of methoxy groups -OCH3 is 1. The molecule has 0 radical (unpaired) electrons. The van der Waals surface area contributed by atoms with Gasteiger partial charge in [0.2, 0.25) is 21.7 Å². The van der Waals surface area contributed by atoms with Gasteiger partial charge in [-0.1, -0.05) is 24.2 Å². The van der Waals surface area contributed by atoms with E-state index in [2.05, 4.69) is 15.0 Å². The fourth-order valence-electron chi connectivity index (χ4n) is 3.54. The Bertz CT molecular complexity index is 1100. The molecule has 1 fully saturated rings. The van der Waals surface area contributed by atoms with Crippen molar-refractivity contribution in [2.24, 2.45) is 0 Å². The van der Waals surface area contributed by atoms with E-state index < -0.39 is 10.0 Å². The highest BCUT2D eigenvalue weighted by Crippen LogP contribution is 2.21. The molecule has 0 spiro atoms. The number of aromatic nitrogens is 2.